The van der Waals surface area contributed by atoms with Crippen molar-refractivity contribution >= 4 is 27.8 Å². The Morgan fingerprint density at radius 1 is 1.32 bits per heavy atom. The largest absolute Gasteiger partial charge is 0.493 e. The molecule has 0 heterocycles. The smallest absolute Gasteiger partial charge is 0.171 e. The third-order valence-corrected chi connectivity index (χ3v) is 3.20. The molecule has 0 aliphatic heterocycles. The lowest BCUT2D eigenvalue weighted by atomic mass is 10.2. The number of nitrogens with zero attached hydrogens (tertiary/aromatic N) is 1. The highest BCUT2D eigenvalue weighted by Crippen LogP contribution is 2.34. The summed E-state index contributed by atoms with van der Waals surface area (Å²) in [5.41, 5.74) is 4.60. The number of halogens is 1. The number of rotatable bonds is 6. The van der Waals surface area contributed by atoms with E-state index in [4.69, 9.17) is 15.9 Å². The summed E-state index contributed by atoms with van der Waals surface area (Å²) in [7, 11) is 1.58. The summed E-state index contributed by atoms with van der Waals surface area (Å²) in [6.45, 7) is 0.158. The summed E-state index contributed by atoms with van der Waals surface area (Å²) in [6, 6.07) is 13.4. The maximum atomic E-state index is 5.57. The molecule has 0 aromatic heterocycles. The minimum atomic E-state index is 0.158. The van der Waals surface area contributed by atoms with E-state index in [9.17, 15) is 0 Å². The Balaban J connectivity index is 2.24. The molecule has 0 atom stereocenters. The van der Waals surface area contributed by atoms with E-state index in [2.05, 4.69) is 32.4 Å². The van der Waals surface area contributed by atoms with Gasteiger partial charge in [-0.2, -0.15) is 5.10 Å². The standard InChI is InChI=1S/C17H15BrN2O2/c1-3-9-22-17-13(10-14(18)11-16(17)21-2)12-19-20-15-7-5-4-6-8-15/h1,4-8,10-12,20H,9H2,2H3/b19-12-. The van der Waals surface area contributed by atoms with E-state index in [0.29, 0.717) is 11.5 Å². The number of nitrogens with one attached hydrogen (secondary N) is 1. The maximum Gasteiger partial charge on any atom is 0.171 e. The van der Waals surface area contributed by atoms with Gasteiger partial charge < -0.3 is 9.47 Å². The zero-order valence-corrected chi connectivity index (χ0v) is 13.6. The van der Waals surface area contributed by atoms with Crippen LogP contribution in [-0.2, 0) is 0 Å². The lowest BCUT2D eigenvalue weighted by molar-refractivity contribution is 0.330. The van der Waals surface area contributed by atoms with Crippen molar-refractivity contribution in [1.29, 1.82) is 0 Å². The van der Waals surface area contributed by atoms with Crippen molar-refractivity contribution in [3.05, 3.63) is 52.5 Å². The van der Waals surface area contributed by atoms with E-state index in [0.717, 1.165) is 15.7 Å². The lowest BCUT2D eigenvalue weighted by Gasteiger charge is -2.12. The molecule has 1 N–H and O–H groups in total. The van der Waals surface area contributed by atoms with Gasteiger partial charge in [-0.3, -0.25) is 5.43 Å². The molecule has 0 aliphatic carbocycles. The normalized spacial score (nSPS) is 10.2. The highest BCUT2D eigenvalue weighted by Gasteiger charge is 2.11. The number of ether oxygens (including phenoxy) is 2. The van der Waals surface area contributed by atoms with Crippen molar-refractivity contribution in [1.82, 2.24) is 0 Å². The number of benzene rings is 2. The summed E-state index contributed by atoms with van der Waals surface area (Å²) in [6.07, 6.45) is 6.91. The SMILES string of the molecule is C#CCOc1c(/C=N\Nc2ccccc2)cc(Br)cc1OC. The van der Waals surface area contributed by atoms with Crippen LogP contribution < -0.4 is 14.9 Å². The molecule has 0 unspecified atom stereocenters. The minimum Gasteiger partial charge on any atom is -0.493 e. The first-order valence-electron chi connectivity index (χ1n) is 6.52. The Morgan fingerprint density at radius 3 is 2.77 bits per heavy atom. The third kappa shape index (κ3) is 4.27. The molecule has 2 rings (SSSR count). The minimum absolute atomic E-state index is 0.158. The fraction of sp³-hybridized carbons (Fsp3) is 0.118. The molecule has 112 valence electrons. The van der Waals surface area contributed by atoms with Gasteiger partial charge in [0.2, 0.25) is 0 Å². The van der Waals surface area contributed by atoms with Gasteiger partial charge in [-0.25, -0.2) is 0 Å². The Morgan fingerprint density at radius 2 is 2.09 bits per heavy atom. The van der Waals surface area contributed by atoms with Crippen LogP contribution in [0.15, 0.2) is 52.0 Å². The fourth-order valence-corrected chi connectivity index (χ4v) is 2.25. The van der Waals surface area contributed by atoms with Gasteiger partial charge in [-0.05, 0) is 24.3 Å². The molecule has 0 fully saturated rings. The van der Waals surface area contributed by atoms with Gasteiger partial charge in [0.25, 0.3) is 0 Å². The van der Waals surface area contributed by atoms with Gasteiger partial charge in [0, 0.05) is 10.0 Å². The number of hydrazone groups is 1. The zero-order valence-electron chi connectivity index (χ0n) is 12.0. The first-order valence-corrected chi connectivity index (χ1v) is 7.32. The number of para-hydroxylation sites is 1. The molecule has 0 saturated carbocycles. The van der Waals surface area contributed by atoms with Crippen LogP contribution in [0.3, 0.4) is 0 Å². The lowest BCUT2D eigenvalue weighted by Crippen LogP contribution is -2.01. The van der Waals surface area contributed by atoms with Crippen LogP contribution in [-0.4, -0.2) is 19.9 Å². The fourth-order valence-electron chi connectivity index (χ4n) is 1.79. The van der Waals surface area contributed by atoms with Gasteiger partial charge in [0.1, 0.15) is 6.61 Å². The molecule has 0 aliphatic rings. The maximum absolute atomic E-state index is 5.57. The summed E-state index contributed by atoms with van der Waals surface area (Å²) in [4.78, 5) is 0. The average molecular weight is 359 g/mol. The van der Waals surface area contributed by atoms with Crippen molar-refractivity contribution in [2.75, 3.05) is 19.1 Å². The molecule has 2 aromatic carbocycles. The van der Waals surface area contributed by atoms with E-state index in [1.165, 1.54) is 0 Å². The molecule has 0 spiro atoms. The molecule has 22 heavy (non-hydrogen) atoms. The van der Waals surface area contributed by atoms with Gasteiger partial charge in [-0.1, -0.05) is 40.0 Å². The third-order valence-electron chi connectivity index (χ3n) is 2.74. The van der Waals surface area contributed by atoms with E-state index >= 15 is 0 Å². The summed E-state index contributed by atoms with van der Waals surface area (Å²) >= 11 is 3.44. The number of terminal acetylenes is 1. The van der Waals surface area contributed by atoms with Crippen molar-refractivity contribution < 1.29 is 9.47 Å². The average Bonchev–Trinajstić information content (AvgIpc) is 2.54. The number of methoxy groups -OCH3 is 1. The molecule has 2 aromatic rings. The Hall–Kier alpha value is -2.45. The first-order chi connectivity index (χ1) is 10.7. The topological polar surface area (TPSA) is 42.8 Å². The zero-order chi connectivity index (χ0) is 15.8. The number of anilines is 1. The molecular formula is C17H15BrN2O2. The molecule has 0 bridgehead atoms. The van der Waals surface area contributed by atoms with Gasteiger partial charge in [0.15, 0.2) is 11.5 Å². The first kappa shape index (κ1) is 15.9. The van der Waals surface area contributed by atoms with Crippen molar-refractivity contribution in [2.45, 2.75) is 0 Å². The second-order valence-corrected chi connectivity index (χ2v) is 5.17. The van der Waals surface area contributed by atoms with Crippen LogP contribution in [0.25, 0.3) is 0 Å². The van der Waals surface area contributed by atoms with Gasteiger partial charge in [0.05, 0.1) is 19.0 Å². The Labute approximate surface area is 138 Å². The molecule has 4 nitrogen and oxygen atoms in total. The van der Waals surface area contributed by atoms with Crippen LogP contribution in [0.2, 0.25) is 0 Å². The molecule has 0 saturated heterocycles. The molecule has 0 radical (unpaired) electrons. The van der Waals surface area contributed by atoms with E-state index in [-0.39, 0.29) is 6.61 Å². The summed E-state index contributed by atoms with van der Waals surface area (Å²) in [5, 5.41) is 4.21. The quantitative estimate of drug-likeness (QED) is 0.483. The highest BCUT2D eigenvalue weighted by atomic mass is 79.9. The Kier molecular flexibility index (Phi) is 5.87. The Bertz CT molecular complexity index is 694. The van der Waals surface area contributed by atoms with Gasteiger partial charge in [-0.15, -0.1) is 6.42 Å². The van der Waals surface area contributed by atoms with E-state index in [1.54, 1.807) is 13.3 Å². The van der Waals surface area contributed by atoms with Crippen LogP contribution in [0.1, 0.15) is 5.56 Å². The molecule has 5 heteroatoms. The van der Waals surface area contributed by atoms with E-state index < -0.39 is 0 Å². The van der Waals surface area contributed by atoms with Crippen molar-refractivity contribution in [3.8, 4) is 23.8 Å². The summed E-state index contributed by atoms with van der Waals surface area (Å²) < 4.78 is 11.7. The highest BCUT2D eigenvalue weighted by molar-refractivity contribution is 9.10. The van der Waals surface area contributed by atoms with Crippen LogP contribution in [0.4, 0.5) is 5.69 Å². The van der Waals surface area contributed by atoms with Crippen molar-refractivity contribution in [2.24, 2.45) is 5.10 Å². The number of hydrogen-bond acceptors (Lipinski definition) is 4. The second-order valence-electron chi connectivity index (χ2n) is 4.26. The summed E-state index contributed by atoms with van der Waals surface area (Å²) in [5.74, 6) is 3.59. The van der Waals surface area contributed by atoms with Crippen LogP contribution in [0, 0.1) is 12.3 Å². The monoisotopic (exact) mass is 358 g/mol. The predicted molar refractivity (Wildman–Crippen MR) is 92.7 cm³/mol. The molecular weight excluding hydrogens is 344 g/mol. The predicted octanol–water partition coefficient (Wildman–Crippen LogP) is 3.92. The second kappa shape index (κ2) is 8.11. The molecule has 0 amide bonds. The van der Waals surface area contributed by atoms with Crippen molar-refractivity contribution in [3.63, 3.8) is 0 Å². The number of hydrogen-bond donors (Lipinski definition) is 1. The van der Waals surface area contributed by atoms with E-state index in [1.807, 2.05) is 42.5 Å². The van der Waals surface area contributed by atoms with Crippen LogP contribution >= 0.6 is 15.9 Å². The van der Waals surface area contributed by atoms with Crippen LogP contribution in [0.5, 0.6) is 11.5 Å². The van der Waals surface area contributed by atoms with Gasteiger partial charge >= 0.3 is 0 Å².